The van der Waals surface area contributed by atoms with Gasteiger partial charge in [0.25, 0.3) is 0 Å². The number of carbonyl (C=O) groups is 1. The normalized spacial score (nSPS) is 12.6. The van der Waals surface area contributed by atoms with Gasteiger partial charge < -0.3 is 15.3 Å². The van der Waals surface area contributed by atoms with Crippen LogP contribution in [0.15, 0.2) is 4.99 Å². The van der Waals surface area contributed by atoms with Crippen LogP contribution in [0.3, 0.4) is 0 Å². The Kier molecular flexibility index (Phi) is 21.9. The summed E-state index contributed by atoms with van der Waals surface area (Å²) >= 11 is 0. The molecular weight excluding hydrogens is 329 g/mol. The van der Waals surface area contributed by atoms with Crippen molar-refractivity contribution in [2.75, 3.05) is 6.61 Å². The van der Waals surface area contributed by atoms with Gasteiger partial charge in [0.05, 0.1) is 6.61 Å². The first-order valence-electron chi connectivity index (χ1n) is 9.69. The minimum Gasteiger partial charge on any atom is -0.862 e. The molecule has 0 aliphatic heterocycles. The summed E-state index contributed by atoms with van der Waals surface area (Å²) < 4.78 is 0. The van der Waals surface area contributed by atoms with Crippen LogP contribution in [0.25, 0.3) is 0 Å². The van der Waals surface area contributed by atoms with E-state index in [0.717, 1.165) is 19.3 Å². The molecule has 5 nitrogen and oxygen atoms in total. The molecule has 0 aromatic rings. The molecule has 0 radical (unpaired) electrons. The van der Waals surface area contributed by atoms with Crippen molar-refractivity contribution in [2.45, 2.75) is 103 Å². The molecule has 25 heavy (non-hydrogen) atoms. The molecule has 0 rings (SSSR count). The summed E-state index contributed by atoms with van der Waals surface area (Å²) in [6.45, 7) is 1.62. The molecule has 6 heteroatoms. The maximum absolute atomic E-state index is 11.5. The van der Waals surface area contributed by atoms with E-state index in [1.54, 1.807) is 0 Å². The van der Waals surface area contributed by atoms with Gasteiger partial charge in [0.15, 0.2) is 6.04 Å². The van der Waals surface area contributed by atoms with E-state index in [1.165, 1.54) is 64.2 Å². The van der Waals surface area contributed by atoms with Crippen LogP contribution in [0.5, 0.6) is 0 Å². The van der Waals surface area contributed by atoms with Gasteiger partial charge in [-0.1, -0.05) is 84.0 Å². The molecule has 0 aliphatic carbocycles. The average molecular weight is 365 g/mol. The molecule has 0 saturated carbocycles. The second-order valence-electron chi connectivity index (χ2n) is 6.55. The Labute approximate surface area is 175 Å². The zero-order valence-corrected chi connectivity index (χ0v) is 18.3. The van der Waals surface area contributed by atoms with E-state index in [2.05, 4.69) is 11.9 Å². The fraction of sp³-hybridized carbons (Fsp3) is 0.895. The zero-order chi connectivity index (χ0) is 18.0. The molecule has 2 N–H and O–H groups in total. The summed E-state index contributed by atoms with van der Waals surface area (Å²) in [6.07, 6.45) is 16.4. The van der Waals surface area contributed by atoms with Gasteiger partial charge in [-0.25, -0.2) is 4.79 Å². The van der Waals surface area contributed by atoms with Crippen LogP contribution in [0.2, 0.25) is 0 Å². The predicted molar refractivity (Wildman–Crippen MR) is 96.3 cm³/mol. The number of aliphatic imine (C=N–C) groups is 1. The van der Waals surface area contributed by atoms with Crippen LogP contribution in [-0.4, -0.2) is 34.7 Å². The smallest absolute Gasteiger partial charge is 0.862 e. The molecule has 0 saturated heterocycles. The number of aliphatic hydroxyl groups excluding tert-OH is 1. The molecule has 0 aromatic heterocycles. The van der Waals surface area contributed by atoms with Crippen LogP contribution >= 0.6 is 0 Å². The number of aliphatic hydroxyl groups is 1. The summed E-state index contributed by atoms with van der Waals surface area (Å²) in [5, 5.41) is 29.0. The van der Waals surface area contributed by atoms with E-state index in [-0.39, 0.29) is 36.0 Å². The molecule has 0 heterocycles. The van der Waals surface area contributed by atoms with Gasteiger partial charge in [-0.2, -0.15) is 0 Å². The first kappa shape index (κ1) is 27.1. The molecule has 0 spiro atoms. The number of carboxylic acid groups (broad SMARTS) is 1. The van der Waals surface area contributed by atoms with Gasteiger partial charge in [0, 0.05) is 0 Å². The number of unbranched alkanes of at least 4 members (excludes halogenated alkanes) is 12. The third-order valence-corrected chi connectivity index (χ3v) is 4.25. The van der Waals surface area contributed by atoms with Gasteiger partial charge in [0.1, 0.15) is 0 Å². The largest absolute Gasteiger partial charge is 1.00 e. The topological polar surface area (TPSA) is 93.0 Å². The molecule has 1 atom stereocenters. The van der Waals surface area contributed by atoms with Crippen molar-refractivity contribution in [3.8, 4) is 0 Å². The van der Waals surface area contributed by atoms with Crippen molar-refractivity contribution in [2.24, 2.45) is 4.99 Å². The molecule has 0 bridgehead atoms. The third-order valence-electron chi connectivity index (χ3n) is 4.25. The van der Waals surface area contributed by atoms with Crippen LogP contribution in [0.1, 0.15) is 96.8 Å². The Bertz CT molecular complexity index is 337. The molecule has 0 aromatic carbocycles. The van der Waals surface area contributed by atoms with E-state index in [9.17, 15) is 9.90 Å². The average Bonchev–Trinajstić information content (AvgIpc) is 2.56. The monoisotopic (exact) mass is 365 g/mol. The summed E-state index contributed by atoms with van der Waals surface area (Å²) in [4.78, 5) is 14.1. The Morgan fingerprint density at radius 2 is 1.28 bits per heavy atom. The van der Waals surface area contributed by atoms with E-state index in [1.807, 2.05) is 0 Å². The van der Waals surface area contributed by atoms with Crippen LogP contribution in [-0.2, 0) is 4.79 Å². The Morgan fingerprint density at radius 3 is 1.64 bits per heavy atom. The second kappa shape index (κ2) is 20.2. The van der Waals surface area contributed by atoms with Gasteiger partial charge in [-0.15, -0.1) is 0 Å². The van der Waals surface area contributed by atoms with Gasteiger partial charge in [-0.05, 0) is 18.7 Å². The first-order chi connectivity index (χ1) is 11.6. The number of hydrogen-bond donors (Lipinski definition) is 2. The van der Waals surface area contributed by atoms with Crippen LogP contribution < -0.4 is 34.7 Å². The number of rotatable bonds is 17. The number of carboxylic acids is 1. The quantitative estimate of drug-likeness (QED) is 0.172. The third kappa shape index (κ3) is 18.5. The fourth-order valence-corrected chi connectivity index (χ4v) is 2.71. The van der Waals surface area contributed by atoms with Crippen LogP contribution in [0.4, 0.5) is 0 Å². The predicted octanol–water partition coefficient (Wildman–Crippen LogP) is 0.676. The molecule has 0 unspecified atom stereocenters. The van der Waals surface area contributed by atoms with E-state index in [4.69, 9.17) is 10.2 Å². The second-order valence-corrected chi connectivity index (χ2v) is 6.55. The van der Waals surface area contributed by atoms with E-state index < -0.39 is 24.5 Å². The van der Waals surface area contributed by atoms with Crippen molar-refractivity contribution in [1.82, 2.24) is 0 Å². The van der Waals surface area contributed by atoms with Crippen molar-refractivity contribution >= 4 is 11.9 Å². The number of hydrogen-bond acceptors (Lipinski definition) is 4. The molecular formula is C19H36NNaO4. The zero-order valence-electron chi connectivity index (χ0n) is 16.3. The summed E-state index contributed by atoms with van der Waals surface area (Å²) in [6, 6.07) is -1.31. The minimum atomic E-state index is -1.31. The van der Waals surface area contributed by atoms with Gasteiger partial charge >= 0.3 is 35.5 Å². The first-order valence-corrected chi connectivity index (χ1v) is 9.69. The number of nitrogens with zero attached hydrogens (tertiary/aromatic N) is 1. The Morgan fingerprint density at radius 1 is 0.880 bits per heavy atom. The Balaban J connectivity index is 0. The fourth-order valence-electron chi connectivity index (χ4n) is 2.71. The summed E-state index contributed by atoms with van der Waals surface area (Å²) in [7, 11) is 0. The van der Waals surface area contributed by atoms with Crippen molar-refractivity contribution in [3.05, 3.63) is 0 Å². The van der Waals surface area contributed by atoms with Crippen molar-refractivity contribution in [1.29, 1.82) is 0 Å². The standard InChI is InChI=1S/C19H37NO4.Na/c1-2-3-4-5-6-7-8-9-10-11-12-13-14-15-18(22)20-17(16-21)19(23)24;/h17,21H,2-16H2,1H3,(H,20,22)(H,23,24);/q;+1/p-1/t17-;/m0./s1. The van der Waals surface area contributed by atoms with E-state index >= 15 is 0 Å². The van der Waals surface area contributed by atoms with Crippen molar-refractivity contribution in [3.63, 3.8) is 0 Å². The van der Waals surface area contributed by atoms with Crippen LogP contribution in [0, 0.1) is 0 Å². The maximum Gasteiger partial charge on any atom is 1.00 e. The number of aliphatic carboxylic acids is 1. The summed E-state index contributed by atoms with van der Waals surface area (Å²) in [5.74, 6) is -1.67. The molecule has 142 valence electrons. The molecule has 0 aliphatic rings. The summed E-state index contributed by atoms with van der Waals surface area (Å²) in [5.41, 5.74) is 0. The van der Waals surface area contributed by atoms with Gasteiger partial charge in [-0.3, -0.25) is 4.99 Å². The molecule has 0 amide bonds. The minimum absolute atomic E-state index is 0. The van der Waals surface area contributed by atoms with Gasteiger partial charge in [0.2, 0.25) is 0 Å². The van der Waals surface area contributed by atoms with E-state index in [0.29, 0.717) is 0 Å². The van der Waals surface area contributed by atoms with Crippen molar-refractivity contribution < 1.29 is 49.7 Å². The SMILES string of the molecule is CCCCCCCCCCCCCCCC([O-])=N[C@@H](CO)C(=O)O.[Na+]. The molecule has 0 fully saturated rings. The maximum atomic E-state index is 11.5. The Hall–Kier alpha value is -0.100.